The number of nitrogens with zero attached hydrogens (tertiary/aromatic N) is 4. The molecule has 2 aromatic carbocycles. The minimum Gasteiger partial charge on any atom is -0.494 e. The van der Waals surface area contributed by atoms with Crippen molar-refractivity contribution in [2.75, 3.05) is 50.6 Å². The lowest BCUT2D eigenvalue weighted by atomic mass is 9.72. The summed E-state index contributed by atoms with van der Waals surface area (Å²) in [7, 11) is 3.15. The number of nitrogens with one attached hydrogen (secondary N) is 2. The third-order valence-corrected chi connectivity index (χ3v) is 7.86. The molecule has 40 heavy (non-hydrogen) atoms. The van der Waals surface area contributed by atoms with E-state index in [4.69, 9.17) is 9.47 Å². The van der Waals surface area contributed by atoms with E-state index in [2.05, 4.69) is 25.5 Å². The lowest BCUT2D eigenvalue weighted by Crippen LogP contribution is -2.60. The number of alkyl halides is 3. The minimum atomic E-state index is -4.77. The number of carbonyl (C=O) groups is 1. The Morgan fingerprint density at radius 1 is 1.10 bits per heavy atom. The molecule has 0 radical (unpaired) electrons. The number of rotatable bonds is 6. The van der Waals surface area contributed by atoms with Gasteiger partial charge in [0.25, 0.3) is 5.91 Å². The molecule has 3 aromatic rings. The summed E-state index contributed by atoms with van der Waals surface area (Å²) in [6, 6.07) is 10.5. The van der Waals surface area contributed by atoms with Gasteiger partial charge >= 0.3 is 6.18 Å². The van der Waals surface area contributed by atoms with Crippen LogP contribution in [0.4, 0.5) is 30.5 Å². The second-order valence-electron chi connectivity index (χ2n) is 10.6. The van der Waals surface area contributed by atoms with Crippen LogP contribution in [0.2, 0.25) is 0 Å². The fourth-order valence-corrected chi connectivity index (χ4v) is 5.68. The number of halogens is 3. The zero-order valence-electron chi connectivity index (χ0n) is 22.1. The van der Waals surface area contributed by atoms with Crippen LogP contribution in [-0.4, -0.2) is 61.1 Å². The topological polar surface area (TPSA) is 91.8 Å². The Labute approximate surface area is 229 Å². The van der Waals surface area contributed by atoms with Crippen molar-refractivity contribution in [3.05, 3.63) is 59.3 Å². The summed E-state index contributed by atoms with van der Waals surface area (Å²) in [4.78, 5) is 24.3. The van der Waals surface area contributed by atoms with Crippen molar-refractivity contribution in [3.63, 3.8) is 0 Å². The summed E-state index contributed by atoms with van der Waals surface area (Å²) in [6.07, 6.45) is -1.78. The Morgan fingerprint density at radius 2 is 1.88 bits per heavy atom. The highest BCUT2D eigenvalue weighted by atomic mass is 19.4. The largest absolute Gasteiger partial charge is 0.494 e. The number of anilines is 3. The van der Waals surface area contributed by atoms with Crippen LogP contribution < -0.4 is 25.0 Å². The number of ether oxygens (including phenoxy) is 2. The van der Waals surface area contributed by atoms with Gasteiger partial charge in [0.1, 0.15) is 17.1 Å². The molecule has 0 unspecified atom stereocenters. The predicted molar refractivity (Wildman–Crippen MR) is 142 cm³/mol. The highest BCUT2D eigenvalue weighted by Gasteiger charge is 2.43. The summed E-state index contributed by atoms with van der Waals surface area (Å²) in [6.45, 7) is 4.39. The first-order valence-electron chi connectivity index (χ1n) is 13.1. The molecule has 2 saturated heterocycles. The molecule has 12 heteroatoms. The van der Waals surface area contributed by atoms with E-state index in [0.717, 1.165) is 44.7 Å². The molecule has 2 N–H and O–H groups in total. The highest BCUT2D eigenvalue weighted by molar-refractivity contribution is 6.00. The van der Waals surface area contributed by atoms with Crippen molar-refractivity contribution < 1.29 is 27.4 Å². The van der Waals surface area contributed by atoms with Gasteiger partial charge in [-0.3, -0.25) is 4.79 Å². The maximum absolute atomic E-state index is 13.8. The summed E-state index contributed by atoms with van der Waals surface area (Å²) in [5, 5.41) is 6.37. The molecule has 4 heterocycles. The quantitative estimate of drug-likeness (QED) is 0.449. The summed E-state index contributed by atoms with van der Waals surface area (Å²) < 4.78 is 52.8. The zero-order chi connectivity index (χ0) is 28.1. The molecular formula is C28H29F3N6O3. The van der Waals surface area contributed by atoms with Crippen molar-refractivity contribution in [2.24, 2.45) is 5.41 Å². The zero-order valence-corrected chi connectivity index (χ0v) is 22.1. The van der Waals surface area contributed by atoms with E-state index in [0.29, 0.717) is 35.2 Å². The van der Waals surface area contributed by atoms with Crippen molar-refractivity contribution in [1.29, 1.82) is 0 Å². The van der Waals surface area contributed by atoms with Crippen molar-refractivity contribution in [3.8, 4) is 17.4 Å². The van der Waals surface area contributed by atoms with E-state index in [1.807, 2.05) is 12.1 Å². The Kier molecular flexibility index (Phi) is 6.44. The van der Waals surface area contributed by atoms with Gasteiger partial charge in [-0.15, -0.1) is 0 Å². The number of aromatic nitrogens is 2. The van der Waals surface area contributed by atoms with E-state index >= 15 is 0 Å². The van der Waals surface area contributed by atoms with Gasteiger partial charge in [0.05, 0.1) is 18.4 Å². The van der Waals surface area contributed by atoms with Gasteiger partial charge in [-0.1, -0.05) is 12.1 Å². The number of amides is 1. The Balaban J connectivity index is 1.26. The van der Waals surface area contributed by atoms with Crippen LogP contribution in [-0.2, 0) is 12.7 Å². The van der Waals surface area contributed by atoms with Crippen LogP contribution in [0.5, 0.6) is 17.4 Å². The molecule has 3 aliphatic heterocycles. The average Bonchev–Trinajstić information content (AvgIpc) is 3.21. The average molecular weight is 555 g/mol. The number of carbonyl (C=O) groups excluding carboxylic acids is 1. The molecule has 1 aromatic heterocycles. The van der Waals surface area contributed by atoms with Gasteiger partial charge in [0.15, 0.2) is 0 Å². The molecule has 0 aliphatic carbocycles. The second kappa shape index (κ2) is 9.84. The monoisotopic (exact) mass is 554 g/mol. The molecular weight excluding hydrogens is 525 g/mol. The molecule has 0 bridgehead atoms. The van der Waals surface area contributed by atoms with Crippen LogP contribution in [0.1, 0.15) is 34.3 Å². The maximum Gasteiger partial charge on any atom is 0.423 e. The molecule has 2 fully saturated rings. The summed E-state index contributed by atoms with van der Waals surface area (Å²) in [5.74, 6) is -0.634. The van der Waals surface area contributed by atoms with E-state index in [-0.39, 0.29) is 23.2 Å². The molecule has 6 rings (SSSR count). The Morgan fingerprint density at radius 3 is 2.60 bits per heavy atom. The molecule has 3 aliphatic rings. The number of benzene rings is 2. The van der Waals surface area contributed by atoms with Crippen molar-refractivity contribution in [1.82, 2.24) is 20.2 Å². The first-order chi connectivity index (χ1) is 19.2. The Bertz CT molecular complexity index is 1450. The fourth-order valence-electron chi connectivity index (χ4n) is 5.68. The molecule has 9 nitrogen and oxygen atoms in total. The maximum atomic E-state index is 13.8. The standard InChI is InChI=1S/C28H29F3N6O3/c1-36-14-17-4-3-5-21(23(17)25(36)38)40-24-19(28(29,30)31)13-33-26(35-24)34-20-7-6-18(12-22(20)39-2)37-15-27(16-37)8-10-32-11-9-27/h3-7,12-13,32H,8-11,14-16H2,1-2H3,(H,33,34,35). The van der Waals surface area contributed by atoms with Gasteiger partial charge in [0, 0.05) is 50.0 Å². The summed E-state index contributed by atoms with van der Waals surface area (Å²) in [5.41, 5.74) is 1.60. The van der Waals surface area contributed by atoms with E-state index in [1.165, 1.54) is 18.1 Å². The fraction of sp³-hybridized carbons (Fsp3) is 0.393. The lowest BCUT2D eigenvalue weighted by molar-refractivity contribution is -0.139. The van der Waals surface area contributed by atoms with Gasteiger partial charge in [-0.05, 0) is 49.7 Å². The van der Waals surface area contributed by atoms with Crippen LogP contribution >= 0.6 is 0 Å². The first kappa shape index (κ1) is 26.2. The predicted octanol–water partition coefficient (Wildman–Crippen LogP) is 4.82. The van der Waals surface area contributed by atoms with E-state index < -0.39 is 17.6 Å². The van der Waals surface area contributed by atoms with Gasteiger partial charge in [0.2, 0.25) is 11.8 Å². The molecule has 0 atom stereocenters. The van der Waals surface area contributed by atoms with Crippen LogP contribution in [0.15, 0.2) is 42.6 Å². The van der Waals surface area contributed by atoms with Crippen molar-refractivity contribution in [2.45, 2.75) is 25.6 Å². The van der Waals surface area contributed by atoms with Gasteiger partial charge < -0.3 is 29.9 Å². The molecule has 210 valence electrons. The lowest BCUT2D eigenvalue weighted by Gasteiger charge is -2.53. The third-order valence-electron chi connectivity index (χ3n) is 7.86. The normalized spacial score (nSPS) is 18.0. The molecule has 1 amide bonds. The number of piperidine rings is 1. The number of fused-ring (bicyclic) bond motifs is 1. The summed E-state index contributed by atoms with van der Waals surface area (Å²) >= 11 is 0. The third kappa shape index (κ3) is 4.76. The van der Waals surface area contributed by atoms with Crippen LogP contribution in [0, 0.1) is 5.41 Å². The number of hydrogen-bond donors (Lipinski definition) is 2. The smallest absolute Gasteiger partial charge is 0.423 e. The molecule has 0 saturated carbocycles. The van der Waals surface area contributed by atoms with Gasteiger partial charge in [-0.2, -0.15) is 18.2 Å². The number of hydrogen-bond acceptors (Lipinski definition) is 8. The first-order valence-corrected chi connectivity index (χ1v) is 13.1. The highest BCUT2D eigenvalue weighted by Crippen LogP contribution is 2.44. The number of methoxy groups -OCH3 is 1. The van der Waals surface area contributed by atoms with Crippen LogP contribution in [0.3, 0.4) is 0 Å². The van der Waals surface area contributed by atoms with Crippen LogP contribution in [0.25, 0.3) is 0 Å². The Hall–Kier alpha value is -4.06. The van der Waals surface area contributed by atoms with Gasteiger partial charge in [-0.25, -0.2) is 4.98 Å². The second-order valence-corrected chi connectivity index (χ2v) is 10.6. The molecule has 1 spiro atoms. The van der Waals surface area contributed by atoms with E-state index in [1.54, 1.807) is 25.2 Å². The van der Waals surface area contributed by atoms with Crippen molar-refractivity contribution >= 4 is 23.2 Å². The SMILES string of the molecule is COc1cc(N2CC3(CCNCC3)C2)ccc1Nc1ncc(C(F)(F)F)c(Oc2cccc3c2C(=O)N(C)C3)n1. The van der Waals surface area contributed by atoms with E-state index in [9.17, 15) is 18.0 Å². The minimum absolute atomic E-state index is 0.00463.